The molecule has 13 heteroatoms. The molecule has 0 radical (unpaired) electrons. The summed E-state index contributed by atoms with van der Waals surface area (Å²) in [5, 5.41) is 75.0. The van der Waals surface area contributed by atoms with Gasteiger partial charge < -0.3 is 54.7 Å². The molecule has 7 rings (SSSR count). The normalized spacial score (nSPS) is 54.8. The van der Waals surface area contributed by atoms with Crippen molar-refractivity contribution in [3.63, 3.8) is 0 Å². The molecule has 0 bridgehead atoms. The van der Waals surface area contributed by atoms with Crippen LogP contribution in [-0.4, -0.2) is 115 Å². The van der Waals surface area contributed by atoms with Crippen LogP contribution >= 0.6 is 0 Å². The Labute approximate surface area is 324 Å². The van der Waals surface area contributed by atoms with Gasteiger partial charge in [0.2, 0.25) is 6.29 Å². The molecule has 0 aromatic heterocycles. The van der Waals surface area contributed by atoms with E-state index in [4.69, 9.17) is 18.9 Å². The first kappa shape index (κ1) is 41.5. The van der Waals surface area contributed by atoms with Crippen molar-refractivity contribution in [1.82, 2.24) is 0 Å². The van der Waals surface area contributed by atoms with Crippen molar-refractivity contribution >= 4 is 11.9 Å². The topological polar surface area (TPSA) is 213 Å². The van der Waals surface area contributed by atoms with Crippen molar-refractivity contribution in [1.29, 1.82) is 0 Å². The molecule has 0 amide bonds. The minimum atomic E-state index is -1.69. The van der Waals surface area contributed by atoms with Gasteiger partial charge >= 0.3 is 11.9 Å². The zero-order valence-electron chi connectivity index (χ0n) is 33.8. The van der Waals surface area contributed by atoms with Gasteiger partial charge in [0, 0.05) is 0 Å². The van der Waals surface area contributed by atoms with Gasteiger partial charge in [0.1, 0.15) is 30.5 Å². The molecule has 0 spiro atoms. The molecular weight excluding hydrogens is 712 g/mol. The van der Waals surface area contributed by atoms with Gasteiger partial charge in [0.15, 0.2) is 12.4 Å². The predicted molar refractivity (Wildman–Crippen MR) is 197 cm³/mol. The summed E-state index contributed by atoms with van der Waals surface area (Å²) in [6.45, 7) is 16.3. The third-order valence-electron chi connectivity index (χ3n) is 17.3. The van der Waals surface area contributed by atoms with Crippen molar-refractivity contribution in [3.8, 4) is 0 Å². The lowest BCUT2D eigenvalue weighted by molar-refractivity contribution is -0.358. The summed E-state index contributed by atoms with van der Waals surface area (Å²) in [6, 6.07) is 0. The van der Waals surface area contributed by atoms with Gasteiger partial charge in [-0.1, -0.05) is 46.3 Å². The van der Waals surface area contributed by atoms with Gasteiger partial charge in [-0.25, -0.2) is 0 Å². The zero-order chi connectivity index (χ0) is 40.4. The molecule has 7 aliphatic rings. The van der Waals surface area contributed by atoms with Crippen LogP contribution in [0.2, 0.25) is 0 Å². The lowest BCUT2D eigenvalue weighted by Crippen LogP contribution is -2.67. The van der Waals surface area contributed by atoms with E-state index in [9.17, 15) is 45.3 Å². The van der Waals surface area contributed by atoms with E-state index in [2.05, 4.69) is 40.7 Å². The Kier molecular flexibility index (Phi) is 10.3. The number of aliphatic hydroxyl groups excluding tert-OH is 6. The highest BCUT2D eigenvalue weighted by Gasteiger charge is 2.71. The quantitative estimate of drug-likeness (QED) is 0.158. The van der Waals surface area contributed by atoms with E-state index in [0.29, 0.717) is 25.7 Å². The number of carbonyl (C=O) groups is 2. The fraction of sp³-hybridized carbons (Fsp3) is 0.905. The lowest BCUT2D eigenvalue weighted by Gasteiger charge is -2.71. The Morgan fingerprint density at radius 3 is 2.00 bits per heavy atom. The van der Waals surface area contributed by atoms with Crippen LogP contribution in [0.3, 0.4) is 0 Å². The van der Waals surface area contributed by atoms with Crippen molar-refractivity contribution in [2.24, 2.45) is 50.2 Å². The van der Waals surface area contributed by atoms with Gasteiger partial charge in [0.25, 0.3) is 0 Å². The smallest absolute Gasteiger partial charge is 0.315 e. The number of allylic oxidation sites excluding steroid dienone is 2. The van der Waals surface area contributed by atoms with Gasteiger partial charge in [-0.15, -0.1) is 0 Å². The summed E-state index contributed by atoms with van der Waals surface area (Å²) in [6.07, 6.45) is -5.62. The maximum absolute atomic E-state index is 15.0. The molecule has 19 atom stereocenters. The number of ether oxygens (including phenoxy) is 4. The average molecular weight is 779 g/mol. The van der Waals surface area contributed by atoms with Crippen LogP contribution < -0.4 is 0 Å². The molecule has 13 nitrogen and oxygen atoms in total. The molecule has 19 unspecified atom stereocenters. The highest BCUT2D eigenvalue weighted by Crippen LogP contribution is 2.76. The molecule has 5 aliphatic carbocycles. The first-order valence-electron chi connectivity index (χ1n) is 20.7. The molecule has 7 N–H and O–H groups in total. The highest BCUT2D eigenvalue weighted by molar-refractivity contribution is 5.79. The Morgan fingerprint density at radius 1 is 0.727 bits per heavy atom. The van der Waals surface area contributed by atoms with E-state index in [1.807, 2.05) is 0 Å². The zero-order valence-corrected chi connectivity index (χ0v) is 33.8. The molecule has 312 valence electrons. The maximum Gasteiger partial charge on any atom is 0.315 e. The molecule has 2 aliphatic heterocycles. The Hall–Kier alpha value is -1.68. The number of carboxylic acids is 1. The number of fused-ring (bicyclic) bond motifs is 7. The molecule has 0 aromatic rings. The van der Waals surface area contributed by atoms with Crippen LogP contribution in [0.4, 0.5) is 0 Å². The first-order chi connectivity index (χ1) is 25.5. The molecule has 4 saturated carbocycles. The van der Waals surface area contributed by atoms with E-state index < -0.39 is 90.3 Å². The summed E-state index contributed by atoms with van der Waals surface area (Å²) >= 11 is 0. The molecule has 6 fully saturated rings. The minimum absolute atomic E-state index is 0.0594. The van der Waals surface area contributed by atoms with Gasteiger partial charge in [0.05, 0.1) is 29.1 Å². The Morgan fingerprint density at radius 2 is 1.35 bits per heavy atom. The largest absolute Gasteiger partial charge is 0.481 e. The number of esters is 1. The Balaban J connectivity index is 1.21. The number of rotatable bonds is 5. The predicted octanol–water partition coefficient (Wildman–Crippen LogP) is 3.44. The van der Waals surface area contributed by atoms with Crippen LogP contribution in [0.15, 0.2) is 11.6 Å². The summed E-state index contributed by atoms with van der Waals surface area (Å²) in [7, 11) is 0. The number of aliphatic hydroxyl groups is 6. The van der Waals surface area contributed by atoms with E-state index in [0.717, 1.165) is 38.5 Å². The van der Waals surface area contributed by atoms with Crippen molar-refractivity contribution < 1.29 is 64.3 Å². The molecular formula is C42H66O13. The van der Waals surface area contributed by atoms with Crippen LogP contribution in [0, 0.1) is 50.2 Å². The van der Waals surface area contributed by atoms with Gasteiger partial charge in [-0.3, -0.25) is 9.59 Å². The SMILES string of the molecule is CC1OC(OC2C(OC(=O)C34CCC(C)(C)CC3C3=CCC5C6(C)CCC(O)C(C)(C(=O)O)C6CCC5(C)C3(C)CC4)OC(C)C(O)C2O)C(O)C(O)C1O. The number of hydrogen-bond donors (Lipinski definition) is 7. The van der Waals surface area contributed by atoms with Crippen molar-refractivity contribution in [3.05, 3.63) is 11.6 Å². The van der Waals surface area contributed by atoms with Gasteiger partial charge in [-0.05, 0) is 124 Å². The summed E-state index contributed by atoms with van der Waals surface area (Å²) in [4.78, 5) is 27.8. The van der Waals surface area contributed by atoms with E-state index in [1.165, 1.54) is 12.5 Å². The average Bonchev–Trinajstić information content (AvgIpc) is 3.11. The number of aliphatic carboxylic acids is 1. The summed E-state index contributed by atoms with van der Waals surface area (Å²) in [5.74, 6) is -1.52. The third-order valence-corrected chi connectivity index (χ3v) is 17.3. The molecule has 2 heterocycles. The number of carbonyl (C=O) groups excluding carboxylic acids is 1. The Bertz CT molecular complexity index is 1550. The van der Waals surface area contributed by atoms with Crippen molar-refractivity contribution in [2.45, 2.75) is 187 Å². The van der Waals surface area contributed by atoms with Gasteiger partial charge in [-0.2, -0.15) is 0 Å². The maximum atomic E-state index is 15.0. The molecule has 55 heavy (non-hydrogen) atoms. The van der Waals surface area contributed by atoms with E-state index in [1.54, 1.807) is 13.8 Å². The number of hydrogen-bond acceptors (Lipinski definition) is 12. The fourth-order valence-electron chi connectivity index (χ4n) is 13.3. The van der Waals surface area contributed by atoms with Crippen molar-refractivity contribution in [2.75, 3.05) is 0 Å². The van der Waals surface area contributed by atoms with Crippen LogP contribution in [0.5, 0.6) is 0 Å². The molecule has 0 aromatic carbocycles. The van der Waals surface area contributed by atoms with E-state index >= 15 is 0 Å². The standard InChI is InChI=1S/C42H66O13/c1-20-27(44)29(46)31(48)33(52-20)54-32-30(47)28(45)21(2)53-34(32)55-36(51)42-17-15-37(3,4)19-23(42)22-9-10-24-38(5)13-12-26(43)41(8,35(49)50)25(38)11-14-40(24,7)39(22,6)16-18-42/h9,20-21,23-34,43-48H,10-19H2,1-8H3,(H,49,50). The fourth-order valence-corrected chi connectivity index (χ4v) is 13.3. The summed E-state index contributed by atoms with van der Waals surface area (Å²) in [5.41, 5.74) is -1.67. The number of carboxylic acid groups (broad SMARTS) is 1. The third kappa shape index (κ3) is 5.94. The van der Waals surface area contributed by atoms with Crippen LogP contribution in [0.1, 0.15) is 120 Å². The second kappa shape index (κ2) is 13.7. The second-order valence-electron chi connectivity index (χ2n) is 20.4. The van der Waals surface area contributed by atoms with Crippen LogP contribution in [0.25, 0.3) is 0 Å². The monoisotopic (exact) mass is 778 g/mol. The lowest BCUT2D eigenvalue weighted by atomic mass is 9.33. The second-order valence-corrected chi connectivity index (χ2v) is 20.4. The molecule has 2 saturated heterocycles. The van der Waals surface area contributed by atoms with E-state index in [-0.39, 0.29) is 39.4 Å². The summed E-state index contributed by atoms with van der Waals surface area (Å²) < 4.78 is 23.9. The van der Waals surface area contributed by atoms with Crippen LogP contribution in [-0.2, 0) is 28.5 Å². The highest BCUT2D eigenvalue weighted by atomic mass is 16.8. The minimum Gasteiger partial charge on any atom is -0.481 e. The first-order valence-corrected chi connectivity index (χ1v) is 20.7.